The van der Waals surface area contributed by atoms with Gasteiger partial charge in [-0.05, 0) is 55.7 Å². The SMILES string of the molecule is Cc1ccc(NC(=O)CCn2c(=O)sc3cc(S(=O)(=O)N4CCCCCC4)ccc32)cc1F. The monoisotopic (exact) mass is 491 g/mol. The van der Waals surface area contributed by atoms with Crippen molar-refractivity contribution < 1.29 is 17.6 Å². The molecule has 0 atom stereocenters. The number of sulfonamides is 1. The highest BCUT2D eigenvalue weighted by atomic mass is 32.2. The van der Waals surface area contributed by atoms with Crippen molar-refractivity contribution in [3.8, 4) is 0 Å². The number of rotatable bonds is 6. The quantitative estimate of drug-likeness (QED) is 0.562. The molecule has 0 unspecified atom stereocenters. The van der Waals surface area contributed by atoms with Gasteiger partial charge in [-0.2, -0.15) is 4.31 Å². The summed E-state index contributed by atoms with van der Waals surface area (Å²) in [6.07, 6.45) is 3.78. The van der Waals surface area contributed by atoms with Crippen molar-refractivity contribution in [1.82, 2.24) is 8.87 Å². The number of aryl methyl sites for hydroxylation is 2. The zero-order valence-corrected chi connectivity index (χ0v) is 20.0. The van der Waals surface area contributed by atoms with E-state index >= 15 is 0 Å². The van der Waals surface area contributed by atoms with E-state index in [4.69, 9.17) is 0 Å². The molecule has 1 fully saturated rings. The summed E-state index contributed by atoms with van der Waals surface area (Å²) in [7, 11) is -3.61. The molecule has 2 heterocycles. The number of anilines is 1. The average Bonchev–Trinajstić information content (AvgIpc) is 2.94. The van der Waals surface area contributed by atoms with E-state index in [1.165, 1.54) is 21.0 Å². The fourth-order valence-electron chi connectivity index (χ4n) is 3.96. The van der Waals surface area contributed by atoms with E-state index in [0.717, 1.165) is 37.0 Å². The number of benzene rings is 2. The normalized spacial score (nSPS) is 15.5. The number of thiazole rings is 1. The second-order valence-electron chi connectivity index (χ2n) is 8.23. The number of amides is 1. The second kappa shape index (κ2) is 9.74. The van der Waals surface area contributed by atoms with Gasteiger partial charge >= 0.3 is 4.87 Å². The Hall–Kier alpha value is -2.56. The van der Waals surface area contributed by atoms with Crippen LogP contribution in [-0.2, 0) is 21.4 Å². The van der Waals surface area contributed by atoms with E-state index in [1.54, 1.807) is 31.2 Å². The molecule has 4 rings (SSSR count). The summed E-state index contributed by atoms with van der Waals surface area (Å²) in [6.45, 7) is 2.80. The Kier molecular flexibility index (Phi) is 6.96. The minimum absolute atomic E-state index is 0.0229. The molecule has 0 aliphatic carbocycles. The first-order valence-corrected chi connectivity index (χ1v) is 13.2. The maximum absolute atomic E-state index is 13.7. The minimum atomic E-state index is -3.61. The summed E-state index contributed by atoms with van der Waals surface area (Å²) < 4.78 is 43.4. The predicted molar refractivity (Wildman–Crippen MR) is 128 cm³/mol. The molecule has 1 aliphatic heterocycles. The Labute approximate surface area is 195 Å². The summed E-state index contributed by atoms with van der Waals surface area (Å²) in [5.41, 5.74) is 1.43. The molecule has 33 heavy (non-hydrogen) atoms. The second-order valence-corrected chi connectivity index (χ2v) is 11.2. The van der Waals surface area contributed by atoms with Crippen LogP contribution in [0.5, 0.6) is 0 Å². The lowest BCUT2D eigenvalue weighted by Gasteiger charge is -2.19. The van der Waals surface area contributed by atoms with Crippen LogP contribution in [0.25, 0.3) is 10.2 Å². The topological polar surface area (TPSA) is 88.5 Å². The van der Waals surface area contributed by atoms with Crippen LogP contribution in [0.15, 0.2) is 46.1 Å². The van der Waals surface area contributed by atoms with Crippen LogP contribution >= 0.6 is 11.3 Å². The van der Waals surface area contributed by atoms with E-state index in [2.05, 4.69) is 5.32 Å². The van der Waals surface area contributed by atoms with Gasteiger partial charge in [0.15, 0.2) is 0 Å². The maximum Gasteiger partial charge on any atom is 0.308 e. The molecule has 1 aromatic heterocycles. The summed E-state index contributed by atoms with van der Waals surface area (Å²) >= 11 is 0.962. The molecule has 176 valence electrons. The minimum Gasteiger partial charge on any atom is -0.326 e. The summed E-state index contributed by atoms with van der Waals surface area (Å²) in [5.74, 6) is -0.747. The number of nitrogens with zero attached hydrogens (tertiary/aromatic N) is 2. The molecule has 1 aliphatic rings. The van der Waals surface area contributed by atoms with E-state index in [9.17, 15) is 22.4 Å². The van der Waals surface area contributed by atoms with Gasteiger partial charge in [-0.3, -0.25) is 14.2 Å². The van der Waals surface area contributed by atoms with Crippen molar-refractivity contribution >= 4 is 43.2 Å². The standard InChI is InChI=1S/C23H26FN3O4S2/c1-16-6-7-17(14-19(16)24)25-22(28)10-13-27-20-9-8-18(15-21(20)32-23(27)29)33(30,31)26-11-4-2-3-5-12-26/h6-9,14-15H,2-5,10-13H2,1H3,(H,25,28). The Morgan fingerprint density at radius 1 is 1.09 bits per heavy atom. The fourth-order valence-corrected chi connectivity index (χ4v) is 6.53. The van der Waals surface area contributed by atoms with E-state index in [-0.39, 0.29) is 28.6 Å². The number of carbonyl (C=O) groups is 1. The zero-order chi connectivity index (χ0) is 23.6. The molecule has 10 heteroatoms. The molecule has 0 spiro atoms. The highest BCUT2D eigenvalue weighted by Gasteiger charge is 2.26. The van der Waals surface area contributed by atoms with E-state index in [1.807, 2.05) is 0 Å². The van der Waals surface area contributed by atoms with Gasteiger partial charge in [-0.1, -0.05) is 30.2 Å². The zero-order valence-electron chi connectivity index (χ0n) is 18.3. The van der Waals surface area contributed by atoms with Gasteiger partial charge in [-0.25, -0.2) is 12.8 Å². The number of aromatic nitrogens is 1. The largest absolute Gasteiger partial charge is 0.326 e. The van der Waals surface area contributed by atoms with E-state index < -0.39 is 15.8 Å². The van der Waals surface area contributed by atoms with Crippen LogP contribution in [0.4, 0.5) is 10.1 Å². The third kappa shape index (κ3) is 5.18. The van der Waals surface area contributed by atoms with E-state index in [0.29, 0.717) is 34.6 Å². The molecule has 1 amide bonds. The Balaban J connectivity index is 1.50. The van der Waals surface area contributed by atoms with Gasteiger partial charge in [-0.15, -0.1) is 0 Å². The summed E-state index contributed by atoms with van der Waals surface area (Å²) in [5, 5.41) is 2.63. The lowest BCUT2D eigenvalue weighted by molar-refractivity contribution is -0.116. The third-order valence-corrected chi connectivity index (χ3v) is 8.70. The number of nitrogens with one attached hydrogen (secondary N) is 1. The molecule has 0 radical (unpaired) electrons. The van der Waals surface area contributed by atoms with Gasteiger partial charge in [0.1, 0.15) is 5.82 Å². The van der Waals surface area contributed by atoms with Crippen molar-refractivity contribution in [2.24, 2.45) is 0 Å². The molecule has 0 bridgehead atoms. The first-order valence-electron chi connectivity index (χ1n) is 11.0. The van der Waals surface area contributed by atoms with Crippen LogP contribution in [0, 0.1) is 12.7 Å². The van der Waals surface area contributed by atoms with Crippen LogP contribution in [-0.4, -0.2) is 36.3 Å². The van der Waals surface area contributed by atoms with Gasteiger partial charge in [0.2, 0.25) is 15.9 Å². The number of fused-ring (bicyclic) bond motifs is 1. The summed E-state index contributed by atoms with van der Waals surface area (Å²) in [6, 6.07) is 9.17. The first-order chi connectivity index (χ1) is 15.8. The lowest BCUT2D eigenvalue weighted by Crippen LogP contribution is -2.31. The molecule has 7 nitrogen and oxygen atoms in total. The molecular formula is C23H26FN3O4S2. The van der Waals surface area contributed by atoms with Gasteiger partial charge in [0.25, 0.3) is 0 Å². The molecule has 2 aromatic carbocycles. The van der Waals surface area contributed by atoms with Gasteiger partial charge in [0, 0.05) is 31.7 Å². The van der Waals surface area contributed by atoms with Crippen molar-refractivity contribution in [3.63, 3.8) is 0 Å². The van der Waals surface area contributed by atoms with Crippen molar-refractivity contribution in [3.05, 3.63) is 57.4 Å². The summed E-state index contributed by atoms with van der Waals surface area (Å²) in [4.78, 5) is 24.8. The number of hydrogen-bond acceptors (Lipinski definition) is 5. The molecule has 0 saturated carbocycles. The molecule has 1 saturated heterocycles. The number of carbonyl (C=O) groups excluding carboxylic acids is 1. The lowest BCUT2D eigenvalue weighted by atomic mass is 10.2. The fraction of sp³-hybridized carbons (Fsp3) is 0.391. The molecule has 1 N–H and O–H groups in total. The number of halogens is 1. The van der Waals surface area contributed by atoms with Gasteiger partial charge in [0.05, 0.1) is 15.1 Å². The third-order valence-electron chi connectivity index (χ3n) is 5.86. The number of hydrogen-bond donors (Lipinski definition) is 1. The van der Waals surface area contributed by atoms with Crippen LogP contribution in [0.2, 0.25) is 0 Å². The van der Waals surface area contributed by atoms with Crippen molar-refractivity contribution in [2.75, 3.05) is 18.4 Å². The predicted octanol–water partition coefficient (Wildman–Crippen LogP) is 4.10. The van der Waals surface area contributed by atoms with Crippen LogP contribution in [0.1, 0.15) is 37.7 Å². The highest BCUT2D eigenvalue weighted by Crippen LogP contribution is 2.26. The first kappa shape index (κ1) is 23.6. The van der Waals surface area contributed by atoms with Crippen LogP contribution in [0.3, 0.4) is 0 Å². The smallest absolute Gasteiger partial charge is 0.308 e. The Morgan fingerprint density at radius 2 is 1.82 bits per heavy atom. The van der Waals surface area contributed by atoms with Crippen LogP contribution < -0.4 is 10.2 Å². The highest BCUT2D eigenvalue weighted by molar-refractivity contribution is 7.89. The van der Waals surface area contributed by atoms with Crippen molar-refractivity contribution in [1.29, 1.82) is 0 Å². The Bertz CT molecular complexity index is 1340. The van der Waals surface area contributed by atoms with Crippen molar-refractivity contribution in [2.45, 2.75) is 50.5 Å². The maximum atomic E-state index is 13.7. The van der Waals surface area contributed by atoms with Gasteiger partial charge < -0.3 is 5.32 Å². The molecule has 3 aromatic rings. The Morgan fingerprint density at radius 3 is 2.52 bits per heavy atom. The average molecular weight is 492 g/mol. The molecular weight excluding hydrogens is 465 g/mol.